The topological polar surface area (TPSA) is 26.0 Å². The van der Waals surface area contributed by atoms with Gasteiger partial charge in [-0.15, -0.1) is 0 Å². The molecule has 2 N–H and O–H groups in total. The van der Waals surface area contributed by atoms with Crippen LogP contribution in [-0.4, -0.2) is 6.04 Å². The standard InChI is InChI=1S/C9H12FN/c1-7(11)6-8-2-4-9(10)5-3-8/h2-5,7H,6,11H2,1H3/i2+1. The molecule has 1 aromatic carbocycles. The van der Waals surface area contributed by atoms with Gasteiger partial charge in [0.15, 0.2) is 0 Å². The van der Waals surface area contributed by atoms with Crippen molar-refractivity contribution in [2.45, 2.75) is 19.4 Å². The van der Waals surface area contributed by atoms with Crippen LogP contribution in [0.15, 0.2) is 24.3 Å². The van der Waals surface area contributed by atoms with E-state index in [2.05, 4.69) is 0 Å². The van der Waals surface area contributed by atoms with Gasteiger partial charge in [0.2, 0.25) is 0 Å². The summed E-state index contributed by atoms with van der Waals surface area (Å²) in [6.07, 6.45) is 0.806. The molecule has 1 rings (SSSR count). The molecule has 1 atom stereocenters. The molecule has 0 radical (unpaired) electrons. The van der Waals surface area contributed by atoms with Crippen LogP contribution in [0.5, 0.6) is 0 Å². The largest absolute Gasteiger partial charge is 0.328 e. The van der Waals surface area contributed by atoms with E-state index in [1.165, 1.54) is 12.1 Å². The summed E-state index contributed by atoms with van der Waals surface area (Å²) in [6, 6.07) is 6.58. The first-order valence-electron chi connectivity index (χ1n) is 3.68. The van der Waals surface area contributed by atoms with E-state index in [1.54, 1.807) is 12.1 Å². The maximum Gasteiger partial charge on any atom is 0.123 e. The lowest BCUT2D eigenvalue weighted by molar-refractivity contribution is 0.626. The van der Waals surface area contributed by atoms with Gasteiger partial charge in [0, 0.05) is 6.04 Å². The average molecular weight is 154 g/mol. The summed E-state index contributed by atoms with van der Waals surface area (Å²) in [5.41, 5.74) is 6.65. The summed E-state index contributed by atoms with van der Waals surface area (Å²) in [4.78, 5) is 0. The molecule has 1 nitrogen and oxygen atoms in total. The van der Waals surface area contributed by atoms with Crippen LogP contribution in [0.1, 0.15) is 12.5 Å². The van der Waals surface area contributed by atoms with Gasteiger partial charge in [-0.1, -0.05) is 12.1 Å². The first kappa shape index (κ1) is 8.21. The highest BCUT2D eigenvalue weighted by molar-refractivity contribution is 5.16. The van der Waals surface area contributed by atoms with Crippen LogP contribution >= 0.6 is 0 Å². The first-order chi connectivity index (χ1) is 5.18. The van der Waals surface area contributed by atoms with E-state index >= 15 is 0 Å². The molecule has 0 heterocycles. The number of hydrogen-bond acceptors (Lipinski definition) is 1. The molecule has 0 amide bonds. The number of nitrogens with two attached hydrogens (primary N) is 1. The van der Waals surface area contributed by atoms with E-state index in [9.17, 15) is 4.39 Å². The van der Waals surface area contributed by atoms with E-state index in [-0.39, 0.29) is 11.9 Å². The summed E-state index contributed by atoms with van der Waals surface area (Å²) in [6.45, 7) is 1.93. The zero-order chi connectivity index (χ0) is 8.27. The highest BCUT2D eigenvalue weighted by Crippen LogP contribution is 2.04. The van der Waals surface area contributed by atoms with E-state index < -0.39 is 0 Å². The van der Waals surface area contributed by atoms with Gasteiger partial charge in [-0.05, 0) is 31.0 Å². The lowest BCUT2D eigenvalue weighted by Crippen LogP contribution is -2.17. The molecular formula is C9H12FN. The minimum absolute atomic E-state index is 0.139. The maximum absolute atomic E-state index is 12.4. The van der Waals surface area contributed by atoms with Crippen LogP contribution < -0.4 is 5.73 Å². The second-order valence-corrected chi connectivity index (χ2v) is 2.81. The Kier molecular flexibility index (Phi) is 2.60. The smallest absolute Gasteiger partial charge is 0.123 e. The van der Waals surface area contributed by atoms with Crippen molar-refractivity contribution < 1.29 is 4.39 Å². The van der Waals surface area contributed by atoms with Crippen molar-refractivity contribution in [3.05, 3.63) is 35.6 Å². The molecule has 0 bridgehead atoms. The monoisotopic (exact) mass is 154 g/mol. The zero-order valence-electron chi connectivity index (χ0n) is 6.55. The Morgan fingerprint density at radius 2 is 1.91 bits per heavy atom. The molecule has 2 heteroatoms. The van der Waals surface area contributed by atoms with Crippen molar-refractivity contribution in [2.75, 3.05) is 0 Å². The lowest BCUT2D eigenvalue weighted by atomic mass is 10.1. The van der Waals surface area contributed by atoms with Gasteiger partial charge in [-0.2, -0.15) is 0 Å². The van der Waals surface area contributed by atoms with Crippen molar-refractivity contribution in [3.63, 3.8) is 0 Å². The van der Waals surface area contributed by atoms with Crippen LogP contribution in [0.25, 0.3) is 0 Å². The molecule has 0 aliphatic rings. The number of hydrogen-bond donors (Lipinski definition) is 1. The molecule has 0 aliphatic carbocycles. The van der Waals surface area contributed by atoms with Crippen molar-refractivity contribution in [3.8, 4) is 0 Å². The van der Waals surface area contributed by atoms with E-state index in [0.29, 0.717) is 0 Å². The van der Waals surface area contributed by atoms with Crippen molar-refractivity contribution in [2.24, 2.45) is 5.73 Å². The maximum atomic E-state index is 12.4. The number of benzene rings is 1. The molecule has 60 valence electrons. The fourth-order valence-electron chi connectivity index (χ4n) is 0.992. The molecule has 0 saturated heterocycles. The average Bonchev–Trinajstić information content (AvgIpc) is 1.93. The Balaban J connectivity index is 2.66. The van der Waals surface area contributed by atoms with Gasteiger partial charge in [-0.3, -0.25) is 0 Å². The molecular weight excluding hydrogens is 142 g/mol. The Labute approximate surface area is 66.0 Å². The second kappa shape index (κ2) is 3.49. The molecule has 0 aliphatic heterocycles. The highest BCUT2D eigenvalue weighted by Gasteiger charge is 1.96. The molecule has 1 unspecified atom stereocenters. The van der Waals surface area contributed by atoms with Crippen molar-refractivity contribution in [1.29, 1.82) is 0 Å². The minimum Gasteiger partial charge on any atom is -0.328 e. The quantitative estimate of drug-likeness (QED) is 0.689. The molecule has 11 heavy (non-hydrogen) atoms. The van der Waals surface area contributed by atoms with Crippen LogP contribution in [0.3, 0.4) is 0 Å². The molecule has 0 spiro atoms. The summed E-state index contributed by atoms with van der Waals surface area (Å²) in [7, 11) is 0. The predicted molar refractivity (Wildman–Crippen MR) is 43.8 cm³/mol. The Morgan fingerprint density at radius 1 is 1.36 bits per heavy atom. The van der Waals surface area contributed by atoms with Gasteiger partial charge in [0.05, 0.1) is 0 Å². The summed E-state index contributed by atoms with van der Waals surface area (Å²) in [5, 5.41) is 0. The molecule has 0 aromatic heterocycles. The van der Waals surface area contributed by atoms with Gasteiger partial charge < -0.3 is 5.73 Å². The Morgan fingerprint density at radius 3 is 2.36 bits per heavy atom. The van der Waals surface area contributed by atoms with Gasteiger partial charge in [0.25, 0.3) is 0 Å². The van der Waals surface area contributed by atoms with Crippen LogP contribution in [0, 0.1) is 5.82 Å². The highest BCUT2D eigenvalue weighted by atomic mass is 19.1. The second-order valence-electron chi connectivity index (χ2n) is 2.81. The first-order valence-corrected chi connectivity index (χ1v) is 3.68. The third-order valence-corrected chi connectivity index (χ3v) is 1.47. The van der Waals surface area contributed by atoms with Crippen molar-refractivity contribution in [1.82, 2.24) is 0 Å². The van der Waals surface area contributed by atoms with E-state index in [4.69, 9.17) is 5.73 Å². The van der Waals surface area contributed by atoms with Gasteiger partial charge >= 0.3 is 0 Å². The third-order valence-electron chi connectivity index (χ3n) is 1.47. The third kappa shape index (κ3) is 2.68. The Bertz CT molecular complexity index is 216. The minimum atomic E-state index is -0.196. The SMILES string of the molecule is CC(N)Cc1ccc(F)c[13cH]1. The number of rotatable bonds is 2. The van der Waals surface area contributed by atoms with Crippen molar-refractivity contribution >= 4 is 0 Å². The van der Waals surface area contributed by atoms with Gasteiger partial charge in [0.1, 0.15) is 5.82 Å². The Hall–Kier alpha value is -0.890. The summed E-state index contributed by atoms with van der Waals surface area (Å²) >= 11 is 0. The molecule has 0 fully saturated rings. The van der Waals surface area contributed by atoms with E-state index in [0.717, 1.165) is 12.0 Å². The molecule has 1 aromatic rings. The van der Waals surface area contributed by atoms with Gasteiger partial charge in [-0.25, -0.2) is 4.39 Å². The van der Waals surface area contributed by atoms with E-state index in [1.807, 2.05) is 6.92 Å². The predicted octanol–water partition coefficient (Wildman–Crippen LogP) is 1.72. The summed E-state index contributed by atoms with van der Waals surface area (Å²) < 4.78 is 12.4. The van der Waals surface area contributed by atoms with Crippen LogP contribution in [0.2, 0.25) is 0 Å². The fraction of sp³-hybridized carbons (Fsp3) is 0.333. The normalized spacial score (nSPS) is 13.0. The van der Waals surface area contributed by atoms with Crippen LogP contribution in [-0.2, 0) is 6.42 Å². The molecule has 0 saturated carbocycles. The number of halogens is 1. The summed E-state index contributed by atoms with van der Waals surface area (Å²) in [5.74, 6) is -0.196. The fourth-order valence-corrected chi connectivity index (χ4v) is 0.992. The van der Waals surface area contributed by atoms with Crippen LogP contribution in [0.4, 0.5) is 4.39 Å². The lowest BCUT2D eigenvalue weighted by Gasteiger charge is -2.03. The zero-order valence-corrected chi connectivity index (χ0v) is 6.55.